The van der Waals surface area contributed by atoms with Gasteiger partial charge in [0.1, 0.15) is 0 Å². The predicted octanol–water partition coefficient (Wildman–Crippen LogP) is 4.58. The van der Waals surface area contributed by atoms with Crippen molar-refractivity contribution < 1.29 is 0 Å². The van der Waals surface area contributed by atoms with E-state index < -0.39 is 0 Å². The highest BCUT2D eigenvalue weighted by molar-refractivity contribution is 5.88. The van der Waals surface area contributed by atoms with Gasteiger partial charge in [-0.15, -0.1) is 0 Å². The third kappa shape index (κ3) is 1.73. The Morgan fingerprint density at radius 1 is 0.875 bits per heavy atom. The Bertz CT molecular complexity index is 519. The van der Waals surface area contributed by atoms with Gasteiger partial charge in [-0.05, 0) is 59.7 Å². The number of hydrogen-bond acceptors (Lipinski definition) is 0. The third-order valence-corrected chi connectivity index (χ3v) is 3.62. The predicted molar refractivity (Wildman–Crippen MR) is 72.2 cm³/mol. The lowest BCUT2D eigenvalue weighted by atomic mass is 9.94. The Morgan fingerprint density at radius 3 is 2.19 bits per heavy atom. The van der Waals surface area contributed by atoms with Crippen molar-refractivity contribution in [1.82, 2.24) is 0 Å². The summed E-state index contributed by atoms with van der Waals surface area (Å²) in [4.78, 5) is 0. The fraction of sp³-hybridized carbons (Fsp3) is 0.375. The lowest BCUT2D eigenvalue weighted by molar-refractivity contribution is 1.11. The summed E-state index contributed by atoms with van der Waals surface area (Å²) in [6.45, 7) is 8.91. The van der Waals surface area contributed by atoms with E-state index in [4.69, 9.17) is 0 Å². The second-order valence-corrected chi connectivity index (χ2v) is 4.56. The quantitative estimate of drug-likeness (QED) is 0.683. The molecule has 0 radical (unpaired) electrons. The number of rotatable bonds is 2. The Balaban J connectivity index is 2.75. The van der Waals surface area contributed by atoms with Crippen molar-refractivity contribution in [3.05, 3.63) is 46.5 Å². The molecule has 0 atom stereocenters. The average molecular weight is 212 g/mol. The van der Waals surface area contributed by atoms with Crippen LogP contribution in [-0.2, 0) is 12.8 Å². The van der Waals surface area contributed by atoms with Gasteiger partial charge in [0.05, 0.1) is 0 Å². The van der Waals surface area contributed by atoms with E-state index in [1.807, 2.05) is 0 Å². The first-order chi connectivity index (χ1) is 7.67. The van der Waals surface area contributed by atoms with E-state index in [2.05, 4.69) is 52.0 Å². The molecule has 0 aliphatic rings. The first-order valence-corrected chi connectivity index (χ1v) is 6.19. The van der Waals surface area contributed by atoms with E-state index in [1.165, 1.54) is 33.0 Å². The molecule has 84 valence electrons. The molecule has 0 spiro atoms. The van der Waals surface area contributed by atoms with Gasteiger partial charge in [0, 0.05) is 0 Å². The lowest BCUT2D eigenvalue weighted by Crippen LogP contribution is -1.92. The number of aryl methyl sites for hydroxylation is 4. The molecule has 0 heterocycles. The van der Waals surface area contributed by atoms with Crippen LogP contribution in [0, 0.1) is 13.8 Å². The van der Waals surface area contributed by atoms with Crippen molar-refractivity contribution >= 4 is 10.8 Å². The summed E-state index contributed by atoms with van der Waals surface area (Å²) >= 11 is 0. The van der Waals surface area contributed by atoms with E-state index >= 15 is 0 Å². The van der Waals surface area contributed by atoms with Gasteiger partial charge in [-0.25, -0.2) is 0 Å². The fourth-order valence-electron chi connectivity index (χ4n) is 2.49. The molecule has 0 saturated heterocycles. The highest BCUT2D eigenvalue weighted by Gasteiger charge is 2.05. The minimum atomic E-state index is 1.12. The van der Waals surface area contributed by atoms with Crippen LogP contribution in [0.1, 0.15) is 36.1 Å². The van der Waals surface area contributed by atoms with Crippen LogP contribution in [0.15, 0.2) is 24.3 Å². The summed E-state index contributed by atoms with van der Waals surface area (Å²) < 4.78 is 0. The molecule has 2 aromatic carbocycles. The maximum atomic E-state index is 2.35. The van der Waals surface area contributed by atoms with E-state index in [-0.39, 0.29) is 0 Å². The zero-order valence-electron chi connectivity index (χ0n) is 10.7. The molecule has 0 heteroatoms. The molecule has 0 aromatic heterocycles. The van der Waals surface area contributed by atoms with Gasteiger partial charge < -0.3 is 0 Å². The topological polar surface area (TPSA) is 0 Å². The molecule has 0 aliphatic heterocycles. The van der Waals surface area contributed by atoms with E-state index in [1.54, 1.807) is 0 Å². The number of hydrogen-bond donors (Lipinski definition) is 0. The molecule has 16 heavy (non-hydrogen) atoms. The molecule has 0 fully saturated rings. The maximum absolute atomic E-state index is 2.35. The smallest absolute Gasteiger partial charge is 0.0149 e. The minimum Gasteiger partial charge on any atom is -0.0613 e. The fourth-order valence-corrected chi connectivity index (χ4v) is 2.49. The van der Waals surface area contributed by atoms with Gasteiger partial charge in [0.25, 0.3) is 0 Å². The van der Waals surface area contributed by atoms with Gasteiger partial charge in [-0.2, -0.15) is 0 Å². The first-order valence-electron chi connectivity index (χ1n) is 6.19. The monoisotopic (exact) mass is 212 g/mol. The molecular weight excluding hydrogens is 192 g/mol. The van der Waals surface area contributed by atoms with Gasteiger partial charge in [-0.3, -0.25) is 0 Å². The Hall–Kier alpha value is -1.30. The van der Waals surface area contributed by atoms with E-state index in [9.17, 15) is 0 Å². The largest absolute Gasteiger partial charge is 0.0613 e. The van der Waals surface area contributed by atoms with Crippen LogP contribution in [0.25, 0.3) is 10.8 Å². The molecule has 0 saturated carbocycles. The highest BCUT2D eigenvalue weighted by atomic mass is 14.1. The van der Waals surface area contributed by atoms with Gasteiger partial charge in [0.15, 0.2) is 0 Å². The van der Waals surface area contributed by atoms with Crippen molar-refractivity contribution in [3.63, 3.8) is 0 Å². The Kier molecular flexibility index (Phi) is 3.00. The Labute approximate surface area is 98.3 Å². The zero-order valence-corrected chi connectivity index (χ0v) is 10.7. The summed E-state index contributed by atoms with van der Waals surface area (Å²) in [7, 11) is 0. The van der Waals surface area contributed by atoms with Crippen LogP contribution in [0.3, 0.4) is 0 Å². The number of benzene rings is 2. The molecule has 0 unspecified atom stereocenters. The second-order valence-electron chi connectivity index (χ2n) is 4.56. The van der Waals surface area contributed by atoms with Crippen LogP contribution >= 0.6 is 0 Å². The van der Waals surface area contributed by atoms with Crippen molar-refractivity contribution in [3.8, 4) is 0 Å². The summed E-state index contributed by atoms with van der Waals surface area (Å²) in [5.74, 6) is 0. The summed E-state index contributed by atoms with van der Waals surface area (Å²) in [5.41, 5.74) is 5.81. The van der Waals surface area contributed by atoms with Crippen molar-refractivity contribution in [1.29, 1.82) is 0 Å². The molecule has 0 amide bonds. The van der Waals surface area contributed by atoms with Gasteiger partial charge in [0.2, 0.25) is 0 Å². The van der Waals surface area contributed by atoms with E-state index in [0.29, 0.717) is 0 Å². The van der Waals surface area contributed by atoms with Crippen LogP contribution in [0.5, 0.6) is 0 Å². The standard InChI is InChI=1S/C16H20/c1-5-13-7-8-15-10-14(6-2)11(3)9-16(15)12(13)4/h7-10H,5-6H2,1-4H3. The first kappa shape index (κ1) is 11.2. The second kappa shape index (κ2) is 4.29. The SMILES string of the molecule is CCc1cc2ccc(CC)c(C)c2cc1C. The van der Waals surface area contributed by atoms with Gasteiger partial charge in [-0.1, -0.05) is 38.1 Å². The third-order valence-electron chi connectivity index (χ3n) is 3.62. The normalized spacial score (nSPS) is 11.0. The van der Waals surface area contributed by atoms with Crippen LogP contribution in [-0.4, -0.2) is 0 Å². The summed E-state index contributed by atoms with van der Waals surface area (Å²) in [5, 5.41) is 2.81. The summed E-state index contributed by atoms with van der Waals surface area (Å²) in [6.07, 6.45) is 2.24. The minimum absolute atomic E-state index is 1.12. The van der Waals surface area contributed by atoms with Crippen molar-refractivity contribution in [2.24, 2.45) is 0 Å². The summed E-state index contributed by atoms with van der Waals surface area (Å²) in [6, 6.07) is 9.23. The Morgan fingerprint density at radius 2 is 1.56 bits per heavy atom. The lowest BCUT2D eigenvalue weighted by Gasteiger charge is -2.11. The molecule has 2 aromatic rings. The molecule has 0 bridgehead atoms. The molecule has 0 N–H and O–H groups in total. The van der Waals surface area contributed by atoms with Crippen LogP contribution < -0.4 is 0 Å². The van der Waals surface area contributed by atoms with Crippen LogP contribution in [0.2, 0.25) is 0 Å². The average Bonchev–Trinajstić information content (AvgIpc) is 2.30. The molecule has 0 nitrogen and oxygen atoms in total. The maximum Gasteiger partial charge on any atom is -0.0149 e. The number of fused-ring (bicyclic) bond motifs is 1. The molecule has 0 aliphatic carbocycles. The zero-order chi connectivity index (χ0) is 11.7. The highest BCUT2D eigenvalue weighted by Crippen LogP contribution is 2.25. The van der Waals surface area contributed by atoms with Crippen molar-refractivity contribution in [2.45, 2.75) is 40.5 Å². The van der Waals surface area contributed by atoms with E-state index in [0.717, 1.165) is 12.8 Å². The van der Waals surface area contributed by atoms with Crippen molar-refractivity contribution in [2.75, 3.05) is 0 Å². The molecular formula is C16H20. The van der Waals surface area contributed by atoms with Gasteiger partial charge >= 0.3 is 0 Å². The molecule has 2 rings (SSSR count). The van der Waals surface area contributed by atoms with Crippen LogP contribution in [0.4, 0.5) is 0 Å².